The molecule has 0 aliphatic heterocycles. The average Bonchev–Trinajstić information content (AvgIpc) is 2.39. The van der Waals surface area contributed by atoms with Crippen molar-refractivity contribution >= 4 is 6.09 Å². The monoisotopic (exact) mass is 315 g/mol. The van der Waals surface area contributed by atoms with E-state index in [1.165, 1.54) is 0 Å². The van der Waals surface area contributed by atoms with Gasteiger partial charge in [0.05, 0.1) is 0 Å². The molecule has 0 fully saturated rings. The number of nitrogens with one attached hydrogen (secondary N) is 2. The third-order valence-corrected chi connectivity index (χ3v) is 3.71. The Morgan fingerprint density at radius 2 is 1.86 bits per heavy atom. The highest BCUT2D eigenvalue weighted by molar-refractivity contribution is 5.67. The molecule has 0 aromatic rings. The molecule has 0 aliphatic rings. The zero-order valence-electron chi connectivity index (χ0n) is 15.4. The fraction of sp³-hybridized carbons (Fsp3) is 0.941. The van der Waals surface area contributed by atoms with Crippen molar-refractivity contribution in [2.75, 3.05) is 19.6 Å². The Morgan fingerprint density at radius 1 is 1.23 bits per heavy atom. The van der Waals surface area contributed by atoms with Crippen LogP contribution in [0.5, 0.6) is 0 Å². The highest BCUT2D eigenvalue weighted by Crippen LogP contribution is 2.09. The summed E-state index contributed by atoms with van der Waals surface area (Å²) in [6.45, 7) is 14.3. The van der Waals surface area contributed by atoms with Crippen molar-refractivity contribution in [3.63, 3.8) is 0 Å². The summed E-state index contributed by atoms with van der Waals surface area (Å²) in [5, 5.41) is 6.42. The molecule has 2 unspecified atom stereocenters. The van der Waals surface area contributed by atoms with Crippen LogP contribution in [0.25, 0.3) is 0 Å². The average molecular weight is 316 g/mol. The third-order valence-electron chi connectivity index (χ3n) is 3.71. The topological polar surface area (TPSA) is 76.4 Å². The van der Waals surface area contributed by atoms with Gasteiger partial charge in [-0.2, -0.15) is 0 Å². The smallest absolute Gasteiger partial charge is 0.407 e. The number of hydrogen-bond donors (Lipinski definition) is 3. The molecule has 1 amide bonds. The van der Waals surface area contributed by atoms with Crippen LogP contribution in [0.4, 0.5) is 4.79 Å². The first-order valence-electron chi connectivity index (χ1n) is 8.59. The van der Waals surface area contributed by atoms with Gasteiger partial charge < -0.3 is 21.1 Å². The summed E-state index contributed by atoms with van der Waals surface area (Å²) in [5.41, 5.74) is 5.36. The van der Waals surface area contributed by atoms with Crippen molar-refractivity contribution in [3.05, 3.63) is 0 Å². The van der Waals surface area contributed by atoms with Crippen LogP contribution in [0, 0.1) is 11.8 Å². The maximum Gasteiger partial charge on any atom is 0.407 e. The Bertz CT molecular complexity index is 301. The molecule has 0 aliphatic carbocycles. The standard InChI is InChI=1S/C17H37N3O2/c1-7-8-9-15(19-11-14(10-18)13(2)3)12-20-16(21)22-17(4,5)6/h13-15,19H,7-12,18H2,1-6H3,(H,20,21). The van der Waals surface area contributed by atoms with Crippen LogP contribution in [-0.4, -0.2) is 37.4 Å². The Balaban J connectivity index is 4.30. The molecule has 132 valence electrons. The molecule has 0 rings (SSSR count). The maximum absolute atomic E-state index is 11.8. The quantitative estimate of drug-likeness (QED) is 0.579. The van der Waals surface area contributed by atoms with Gasteiger partial charge in [-0.25, -0.2) is 4.79 Å². The number of ether oxygens (including phenoxy) is 1. The molecular weight excluding hydrogens is 278 g/mol. The molecule has 0 spiro atoms. The maximum atomic E-state index is 11.8. The number of carbonyl (C=O) groups is 1. The number of alkyl carbamates (subject to hydrolysis) is 1. The van der Waals surface area contributed by atoms with Gasteiger partial charge in [0.1, 0.15) is 5.60 Å². The summed E-state index contributed by atoms with van der Waals surface area (Å²) >= 11 is 0. The minimum absolute atomic E-state index is 0.264. The molecule has 0 saturated heterocycles. The lowest BCUT2D eigenvalue weighted by Gasteiger charge is -2.25. The number of rotatable bonds is 10. The van der Waals surface area contributed by atoms with E-state index in [1.807, 2.05) is 20.8 Å². The van der Waals surface area contributed by atoms with E-state index < -0.39 is 5.60 Å². The van der Waals surface area contributed by atoms with Gasteiger partial charge in [-0.15, -0.1) is 0 Å². The van der Waals surface area contributed by atoms with E-state index in [2.05, 4.69) is 31.4 Å². The van der Waals surface area contributed by atoms with Gasteiger partial charge in [-0.3, -0.25) is 0 Å². The molecule has 0 aromatic carbocycles. The van der Waals surface area contributed by atoms with Crippen molar-refractivity contribution in [2.45, 2.75) is 72.4 Å². The molecule has 0 radical (unpaired) electrons. The summed E-state index contributed by atoms with van der Waals surface area (Å²) in [4.78, 5) is 11.8. The SMILES string of the molecule is CCCCC(CNC(=O)OC(C)(C)C)NCC(CN)C(C)C. The second-order valence-electron chi connectivity index (χ2n) is 7.37. The minimum atomic E-state index is -0.460. The molecular formula is C17H37N3O2. The van der Waals surface area contributed by atoms with Crippen molar-refractivity contribution in [1.29, 1.82) is 0 Å². The van der Waals surface area contributed by atoms with E-state index in [9.17, 15) is 4.79 Å². The third kappa shape index (κ3) is 10.9. The molecule has 22 heavy (non-hydrogen) atoms. The number of carbonyl (C=O) groups excluding carboxylic acids is 1. The van der Waals surface area contributed by atoms with Gasteiger partial charge in [0.25, 0.3) is 0 Å². The van der Waals surface area contributed by atoms with Crippen LogP contribution in [0.3, 0.4) is 0 Å². The molecule has 2 atom stereocenters. The fourth-order valence-electron chi connectivity index (χ4n) is 2.16. The number of nitrogens with two attached hydrogens (primary N) is 1. The molecule has 0 bridgehead atoms. The lowest BCUT2D eigenvalue weighted by atomic mass is 9.95. The van der Waals surface area contributed by atoms with Crippen LogP contribution in [-0.2, 0) is 4.74 Å². The van der Waals surface area contributed by atoms with Crippen molar-refractivity contribution in [1.82, 2.24) is 10.6 Å². The normalized spacial score (nSPS) is 14.7. The van der Waals surface area contributed by atoms with Gasteiger partial charge in [0.15, 0.2) is 0 Å². The fourth-order valence-corrected chi connectivity index (χ4v) is 2.16. The van der Waals surface area contributed by atoms with Gasteiger partial charge in [-0.1, -0.05) is 33.6 Å². The summed E-state index contributed by atoms with van der Waals surface area (Å²) in [7, 11) is 0. The van der Waals surface area contributed by atoms with E-state index >= 15 is 0 Å². The van der Waals surface area contributed by atoms with E-state index in [0.717, 1.165) is 25.8 Å². The Kier molecular flexibility index (Phi) is 10.4. The Morgan fingerprint density at radius 3 is 2.32 bits per heavy atom. The van der Waals surface area contributed by atoms with E-state index in [1.54, 1.807) is 0 Å². The second-order valence-corrected chi connectivity index (χ2v) is 7.37. The number of amides is 1. The van der Waals surface area contributed by atoms with Crippen LogP contribution in [0.15, 0.2) is 0 Å². The van der Waals surface area contributed by atoms with E-state index in [-0.39, 0.29) is 12.1 Å². The molecule has 0 saturated carbocycles. The summed E-state index contributed by atoms with van der Waals surface area (Å²) < 4.78 is 5.28. The van der Waals surface area contributed by atoms with Crippen molar-refractivity contribution < 1.29 is 9.53 Å². The first-order valence-corrected chi connectivity index (χ1v) is 8.59. The van der Waals surface area contributed by atoms with Crippen molar-refractivity contribution in [3.8, 4) is 0 Å². The van der Waals surface area contributed by atoms with Crippen LogP contribution < -0.4 is 16.4 Å². The van der Waals surface area contributed by atoms with Gasteiger partial charge in [0, 0.05) is 12.6 Å². The zero-order chi connectivity index (χ0) is 17.2. The first-order chi connectivity index (χ1) is 10.2. The zero-order valence-corrected chi connectivity index (χ0v) is 15.4. The minimum Gasteiger partial charge on any atom is -0.444 e. The lowest BCUT2D eigenvalue weighted by molar-refractivity contribution is 0.0521. The summed E-state index contributed by atoms with van der Waals surface area (Å²) in [6.07, 6.45) is 2.98. The van der Waals surface area contributed by atoms with Crippen LogP contribution in [0.2, 0.25) is 0 Å². The Hall–Kier alpha value is -0.810. The molecule has 4 N–H and O–H groups in total. The van der Waals surface area contributed by atoms with Gasteiger partial charge in [-0.05, 0) is 52.1 Å². The Labute approximate surface area is 136 Å². The van der Waals surface area contributed by atoms with E-state index in [4.69, 9.17) is 10.5 Å². The molecule has 5 heteroatoms. The summed E-state index contributed by atoms with van der Waals surface area (Å²) in [6, 6.07) is 0.264. The van der Waals surface area contributed by atoms with Gasteiger partial charge in [0.2, 0.25) is 0 Å². The summed E-state index contributed by atoms with van der Waals surface area (Å²) in [5.74, 6) is 1.02. The van der Waals surface area contributed by atoms with Crippen LogP contribution in [0.1, 0.15) is 60.8 Å². The predicted molar refractivity (Wildman–Crippen MR) is 92.9 cm³/mol. The molecule has 5 nitrogen and oxygen atoms in total. The largest absolute Gasteiger partial charge is 0.444 e. The first kappa shape index (κ1) is 21.2. The predicted octanol–water partition coefficient (Wildman–Crippen LogP) is 2.89. The van der Waals surface area contributed by atoms with Gasteiger partial charge >= 0.3 is 6.09 Å². The number of unbranched alkanes of at least 4 members (excludes halogenated alkanes) is 1. The second kappa shape index (κ2) is 10.8. The molecule has 0 heterocycles. The van der Waals surface area contributed by atoms with Crippen molar-refractivity contribution in [2.24, 2.45) is 17.6 Å². The lowest BCUT2D eigenvalue weighted by Crippen LogP contribution is -2.45. The highest BCUT2D eigenvalue weighted by Gasteiger charge is 2.18. The van der Waals surface area contributed by atoms with E-state index in [0.29, 0.717) is 24.9 Å². The van der Waals surface area contributed by atoms with Crippen LogP contribution >= 0.6 is 0 Å². The highest BCUT2D eigenvalue weighted by atomic mass is 16.6. The number of hydrogen-bond acceptors (Lipinski definition) is 4. The molecule has 0 aromatic heterocycles.